The van der Waals surface area contributed by atoms with Crippen molar-refractivity contribution in [3.8, 4) is 23.0 Å². The van der Waals surface area contributed by atoms with Crippen LogP contribution in [0.25, 0.3) is 0 Å². The molecule has 2 aromatic rings. The van der Waals surface area contributed by atoms with Gasteiger partial charge in [-0.05, 0) is 65.8 Å². The van der Waals surface area contributed by atoms with Crippen molar-refractivity contribution in [3.63, 3.8) is 0 Å². The van der Waals surface area contributed by atoms with E-state index < -0.39 is 22.3 Å². The lowest BCUT2D eigenvalue weighted by molar-refractivity contribution is 0.156. The number of aromatic hydroxyl groups is 4. The maximum absolute atomic E-state index is 13.3. The summed E-state index contributed by atoms with van der Waals surface area (Å²) in [5.41, 5.74) is 3.04. The number of hydrogen-bond donors (Lipinski definition) is 4. The van der Waals surface area contributed by atoms with Crippen LogP contribution in [0.5, 0.6) is 23.0 Å². The zero-order valence-electron chi connectivity index (χ0n) is 14.9. The Hall–Kier alpha value is -2.49. The van der Waals surface area contributed by atoms with E-state index in [1.54, 1.807) is 0 Å². The molecule has 148 valence electrons. The molecule has 5 rings (SSSR count). The Kier molecular flexibility index (Phi) is 3.62. The second-order valence-corrected chi connectivity index (χ2v) is 9.41. The van der Waals surface area contributed by atoms with Gasteiger partial charge in [-0.3, -0.25) is 0 Å². The molecule has 8 nitrogen and oxygen atoms in total. The third kappa shape index (κ3) is 2.33. The highest BCUT2D eigenvalue weighted by molar-refractivity contribution is 7.86. The molecule has 4 N–H and O–H groups in total. The summed E-state index contributed by atoms with van der Waals surface area (Å²) in [6.45, 7) is 0.613. The van der Waals surface area contributed by atoms with Gasteiger partial charge in [0.05, 0.1) is 12.1 Å². The van der Waals surface area contributed by atoms with Crippen LogP contribution in [-0.4, -0.2) is 50.5 Å². The molecule has 0 aromatic heterocycles. The summed E-state index contributed by atoms with van der Waals surface area (Å²) in [6.07, 6.45) is 1.37. The average Bonchev–Trinajstić information content (AvgIpc) is 2.64. The van der Waals surface area contributed by atoms with Crippen LogP contribution in [0, 0.1) is 0 Å². The van der Waals surface area contributed by atoms with E-state index in [1.165, 1.54) is 32.9 Å². The van der Waals surface area contributed by atoms with Crippen LogP contribution in [0.4, 0.5) is 0 Å². The number of hydrogen-bond acceptors (Lipinski definition) is 6. The Balaban J connectivity index is 1.65. The molecule has 2 atom stereocenters. The molecule has 3 aliphatic heterocycles. The van der Waals surface area contributed by atoms with Gasteiger partial charge >= 0.3 is 0 Å². The van der Waals surface area contributed by atoms with E-state index in [4.69, 9.17) is 0 Å². The van der Waals surface area contributed by atoms with Crippen molar-refractivity contribution in [2.45, 2.75) is 31.3 Å². The van der Waals surface area contributed by atoms with E-state index in [9.17, 15) is 28.8 Å². The quantitative estimate of drug-likeness (QED) is 0.496. The highest BCUT2D eigenvalue weighted by Crippen LogP contribution is 2.50. The van der Waals surface area contributed by atoms with Crippen LogP contribution in [-0.2, 0) is 23.1 Å². The highest BCUT2D eigenvalue weighted by atomic mass is 32.2. The summed E-state index contributed by atoms with van der Waals surface area (Å²) in [5, 5.41) is 39.5. The lowest BCUT2D eigenvalue weighted by atomic mass is 9.85. The molecular weight excluding hydrogens is 384 g/mol. The van der Waals surface area contributed by atoms with E-state index in [-0.39, 0.29) is 23.0 Å². The highest BCUT2D eigenvalue weighted by Gasteiger charge is 2.49. The third-order valence-corrected chi connectivity index (χ3v) is 8.19. The van der Waals surface area contributed by atoms with Gasteiger partial charge < -0.3 is 20.4 Å². The molecule has 0 amide bonds. The van der Waals surface area contributed by atoms with Gasteiger partial charge in [-0.25, -0.2) is 0 Å². The molecule has 1 saturated heterocycles. The summed E-state index contributed by atoms with van der Waals surface area (Å²) >= 11 is 0. The van der Waals surface area contributed by atoms with Crippen molar-refractivity contribution in [2.75, 3.05) is 13.1 Å². The predicted octanol–water partition coefficient (Wildman–Crippen LogP) is 1.66. The molecule has 2 unspecified atom stereocenters. The van der Waals surface area contributed by atoms with Gasteiger partial charge in [-0.1, -0.05) is 0 Å². The first-order valence-electron chi connectivity index (χ1n) is 9.15. The van der Waals surface area contributed by atoms with Crippen molar-refractivity contribution < 1.29 is 28.8 Å². The Morgan fingerprint density at radius 3 is 1.54 bits per heavy atom. The van der Waals surface area contributed by atoms with E-state index >= 15 is 0 Å². The largest absolute Gasteiger partial charge is 0.504 e. The summed E-state index contributed by atoms with van der Waals surface area (Å²) < 4.78 is 29.6. The molecule has 0 aliphatic carbocycles. The van der Waals surface area contributed by atoms with Crippen molar-refractivity contribution in [3.05, 3.63) is 46.5 Å². The molecular formula is C19H20N2O6S. The normalized spacial score (nSPS) is 26.0. The fourth-order valence-electron chi connectivity index (χ4n) is 4.80. The van der Waals surface area contributed by atoms with Crippen LogP contribution in [0.3, 0.4) is 0 Å². The predicted molar refractivity (Wildman–Crippen MR) is 99.4 cm³/mol. The van der Waals surface area contributed by atoms with Crippen molar-refractivity contribution in [1.82, 2.24) is 8.61 Å². The van der Waals surface area contributed by atoms with Gasteiger partial charge in [0, 0.05) is 13.1 Å². The third-order valence-electron chi connectivity index (χ3n) is 6.13. The lowest BCUT2D eigenvalue weighted by Gasteiger charge is -2.49. The number of nitrogens with zero attached hydrogens (tertiary/aromatic N) is 2. The minimum Gasteiger partial charge on any atom is -0.504 e. The van der Waals surface area contributed by atoms with Crippen molar-refractivity contribution >= 4 is 10.2 Å². The first-order valence-corrected chi connectivity index (χ1v) is 10.5. The van der Waals surface area contributed by atoms with E-state index in [1.807, 2.05) is 0 Å². The van der Waals surface area contributed by atoms with Gasteiger partial charge in [-0.15, -0.1) is 0 Å². The Morgan fingerprint density at radius 2 is 1.11 bits per heavy atom. The number of benzene rings is 2. The van der Waals surface area contributed by atoms with Gasteiger partial charge in [-0.2, -0.15) is 17.0 Å². The van der Waals surface area contributed by atoms with E-state index in [0.29, 0.717) is 43.5 Å². The first kappa shape index (κ1) is 17.6. The fourth-order valence-corrected chi connectivity index (χ4v) is 6.75. The molecule has 3 aliphatic rings. The monoisotopic (exact) mass is 404 g/mol. The average molecular weight is 404 g/mol. The smallest absolute Gasteiger partial charge is 0.283 e. The topological polar surface area (TPSA) is 122 Å². The fraction of sp³-hybridized carbons (Fsp3) is 0.368. The van der Waals surface area contributed by atoms with E-state index in [0.717, 1.165) is 11.1 Å². The number of rotatable bonds is 0. The van der Waals surface area contributed by atoms with Gasteiger partial charge in [0.1, 0.15) is 0 Å². The number of phenols is 4. The molecule has 2 aromatic carbocycles. The molecule has 28 heavy (non-hydrogen) atoms. The van der Waals surface area contributed by atoms with Crippen molar-refractivity contribution in [2.24, 2.45) is 0 Å². The maximum Gasteiger partial charge on any atom is 0.283 e. The summed E-state index contributed by atoms with van der Waals surface area (Å²) in [7, 11) is -3.74. The molecule has 0 radical (unpaired) electrons. The summed E-state index contributed by atoms with van der Waals surface area (Å²) in [6, 6.07) is 4.96. The summed E-state index contributed by atoms with van der Waals surface area (Å²) in [4.78, 5) is 0. The molecule has 9 heteroatoms. The van der Waals surface area contributed by atoms with Gasteiger partial charge in [0.25, 0.3) is 10.2 Å². The minimum absolute atomic E-state index is 0.212. The second kappa shape index (κ2) is 5.76. The van der Waals surface area contributed by atoms with Crippen molar-refractivity contribution in [1.29, 1.82) is 0 Å². The molecule has 1 fully saturated rings. The SMILES string of the molecule is O=S1(=O)N2CCc3cc(O)c(O)cc3C2CC2c3cc(O)c(O)cc3CCN21. The van der Waals surface area contributed by atoms with Crippen LogP contribution in [0.2, 0.25) is 0 Å². The first-order chi connectivity index (χ1) is 13.3. The van der Waals surface area contributed by atoms with Gasteiger partial charge in [0.15, 0.2) is 23.0 Å². The van der Waals surface area contributed by atoms with Crippen LogP contribution < -0.4 is 0 Å². The van der Waals surface area contributed by atoms with Crippen LogP contribution in [0.15, 0.2) is 24.3 Å². The number of fused-ring (bicyclic) bond motifs is 6. The molecule has 0 saturated carbocycles. The van der Waals surface area contributed by atoms with Crippen LogP contribution >= 0.6 is 0 Å². The minimum atomic E-state index is -3.74. The lowest BCUT2D eigenvalue weighted by Crippen LogP contribution is -2.55. The zero-order chi connectivity index (χ0) is 19.8. The maximum atomic E-state index is 13.3. The Bertz CT molecular complexity index is 1020. The molecule has 3 heterocycles. The zero-order valence-corrected chi connectivity index (χ0v) is 15.7. The Labute approximate surface area is 162 Å². The molecule has 0 bridgehead atoms. The Morgan fingerprint density at radius 1 is 0.714 bits per heavy atom. The van der Waals surface area contributed by atoms with Gasteiger partial charge in [0.2, 0.25) is 0 Å². The molecule has 0 spiro atoms. The number of phenolic OH excluding ortho intramolecular Hbond substituents is 4. The second-order valence-electron chi connectivity index (χ2n) is 7.58. The van der Waals surface area contributed by atoms with E-state index in [2.05, 4.69) is 0 Å². The standard InChI is InChI=1S/C19H20N2O6S/c22-16-5-10-1-3-20-14(12(10)7-18(16)24)9-15-13-8-19(25)17(23)6-11(13)2-4-21(15)28(20,26)27/h5-8,14-15,22-25H,1-4,9H2. The summed E-state index contributed by atoms with van der Waals surface area (Å²) in [5.74, 6) is -0.967. The van der Waals surface area contributed by atoms with Crippen LogP contribution in [0.1, 0.15) is 40.8 Å².